The van der Waals surface area contributed by atoms with Gasteiger partial charge in [0.25, 0.3) is 0 Å². The molecule has 2 unspecified atom stereocenters. The highest BCUT2D eigenvalue weighted by Crippen LogP contribution is 2.42. The predicted molar refractivity (Wildman–Crippen MR) is 86.8 cm³/mol. The Bertz CT molecular complexity index is 674. The van der Waals surface area contributed by atoms with E-state index in [1.165, 1.54) is 20.5 Å². The molecule has 1 aliphatic heterocycles. The highest BCUT2D eigenvalue weighted by Gasteiger charge is 2.53. The quantitative estimate of drug-likeness (QED) is 0.631. The van der Waals surface area contributed by atoms with Crippen LogP contribution in [0.5, 0.6) is 0 Å². The number of nitrogens with zero attached hydrogens (tertiary/aromatic N) is 1. The van der Waals surface area contributed by atoms with Gasteiger partial charge in [-0.15, -0.1) is 0 Å². The lowest BCUT2D eigenvalue weighted by molar-refractivity contribution is -0.238. The number of hydrogen-bond acceptors (Lipinski definition) is 7. The van der Waals surface area contributed by atoms with Crippen LogP contribution in [0.25, 0.3) is 0 Å². The number of carbonyl (C=O) groups is 1. The number of ether oxygens (including phenoxy) is 2. The summed E-state index contributed by atoms with van der Waals surface area (Å²) < 4.78 is 15.4. The lowest BCUT2D eigenvalue weighted by Crippen LogP contribution is -2.38. The van der Waals surface area contributed by atoms with Crippen molar-refractivity contribution in [1.29, 1.82) is 0 Å². The number of hydroxylamine groups is 2. The minimum absolute atomic E-state index is 0.409. The summed E-state index contributed by atoms with van der Waals surface area (Å²) in [5.41, 5.74) is 0.996. The van der Waals surface area contributed by atoms with Crippen LogP contribution in [0.4, 0.5) is 0 Å². The summed E-state index contributed by atoms with van der Waals surface area (Å²) in [7, 11) is 2.65. The molecule has 1 aromatic carbocycles. The number of benzene rings is 1. The molecule has 25 heavy (non-hydrogen) atoms. The fraction of sp³-hybridized carbons (Fsp3) is 0.389. The maximum atomic E-state index is 12.4. The molecule has 1 fully saturated rings. The van der Waals surface area contributed by atoms with Gasteiger partial charge in [0.1, 0.15) is 23.8 Å². The van der Waals surface area contributed by atoms with Gasteiger partial charge in [-0.25, -0.2) is 0 Å². The van der Waals surface area contributed by atoms with Gasteiger partial charge in [-0.1, -0.05) is 30.3 Å². The van der Waals surface area contributed by atoms with Gasteiger partial charge in [0.2, 0.25) is 0 Å². The van der Waals surface area contributed by atoms with Crippen LogP contribution in [-0.2, 0) is 25.7 Å². The van der Waals surface area contributed by atoms with Crippen LogP contribution >= 0.6 is 0 Å². The summed E-state index contributed by atoms with van der Waals surface area (Å²) in [6, 6.07) is 12.6. The molecule has 0 radical (unpaired) electrons. The van der Waals surface area contributed by atoms with Gasteiger partial charge in [0, 0.05) is 13.7 Å². The average Bonchev–Trinajstić information content (AvgIpc) is 3.28. The lowest BCUT2D eigenvalue weighted by atomic mass is 9.92. The molecule has 3 rings (SSSR count). The van der Waals surface area contributed by atoms with Gasteiger partial charge in [0.15, 0.2) is 6.29 Å². The first-order valence-electron chi connectivity index (χ1n) is 7.95. The maximum Gasteiger partial charge on any atom is 0.313 e. The molecular weight excluding hydrogens is 326 g/mol. The van der Waals surface area contributed by atoms with Crippen molar-refractivity contribution in [3.8, 4) is 0 Å². The van der Waals surface area contributed by atoms with Crippen molar-refractivity contribution in [3.05, 3.63) is 60.1 Å². The molecule has 1 aromatic heterocycles. The summed E-state index contributed by atoms with van der Waals surface area (Å²) in [6.45, 7) is 0.409. The Morgan fingerprint density at radius 3 is 2.60 bits per heavy atom. The number of hydrogen-bond donors (Lipinski definition) is 1. The molecule has 1 aliphatic rings. The second-order valence-corrected chi connectivity index (χ2v) is 5.77. The van der Waals surface area contributed by atoms with Crippen LogP contribution in [-0.4, -0.2) is 42.8 Å². The van der Waals surface area contributed by atoms with Crippen LogP contribution in [0, 0.1) is 5.92 Å². The molecule has 0 aliphatic carbocycles. The Balaban J connectivity index is 1.96. The second-order valence-electron chi connectivity index (χ2n) is 5.77. The second kappa shape index (κ2) is 7.79. The average molecular weight is 347 g/mol. The zero-order chi connectivity index (χ0) is 17.8. The molecule has 134 valence electrons. The van der Waals surface area contributed by atoms with Crippen LogP contribution in [0.1, 0.15) is 17.4 Å². The van der Waals surface area contributed by atoms with Crippen molar-refractivity contribution in [2.24, 2.45) is 5.92 Å². The fourth-order valence-electron chi connectivity index (χ4n) is 3.09. The molecule has 2 heterocycles. The van der Waals surface area contributed by atoms with Gasteiger partial charge >= 0.3 is 5.97 Å². The SMILES string of the molecule is COC(=O)[C@H]1C(c2ccco2)N(Cc2ccccc2)O[C@H]1C(O)OC. The minimum Gasteiger partial charge on any atom is -0.469 e. The Kier molecular flexibility index (Phi) is 5.50. The van der Waals surface area contributed by atoms with Gasteiger partial charge in [-0.2, -0.15) is 5.06 Å². The van der Waals surface area contributed by atoms with Gasteiger partial charge in [-0.3, -0.25) is 9.63 Å². The molecular formula is C18H21NO6. The molecule has 0 amide bonds. The molecule has 4 atom stereocenters. The highest BCUT2D eigenvalue weighted by molar-refractivity contribution is 5.74. The zero-order valence-electron chi connectivity index (χ0n) is 14.1. The van der Waals surface area contributed by atoms with Crippen molar-refractivity contribution in [2.75, 3.05) is 14.2 Å². The Hall–Kier alpha value is -2.19. The van der Waals surface area contributed by atoms with Crippen molar-refractivity contribution in [3.63, 3.8) is 0 Å². The smallest absolute Gasteiger partial charge is 0.313 e. The van der Waals surface area contributed by atoms with E-state index in [1.807, 2.05) is 30.3 Å². The maximum absolute atomic E-state index is 12.4. The molecule has 0 bridgehead atoms. The van der Waals surface area contributed by atoms with E-state index in [1.54, 1.807) is 17.2 Å². The number of carbonyl (C=O) groups excluding carboxylic acids is 1. The van der Waals surface area contributed by atoms with E-state index in [-0.39, 0.29) is 0 Å². The third-order valence-corrected chi connectivity index (χ3v) is 4.27. The van der Waals surface area contributed by atoms with Crippen LogP contribution in [0.3, 0.4) is 0 Å². The van der Waals surface area contributed by atoms with Crippen LogP contribution in [0.15, 0.2) is 53.1 Å². The van der Waals surface area contributed by atoms with Gasteiger partial charge in [-0.05, 0) is 17.7 Å². The summed E-state index contributed by atoms with van der Waals surface area (Å²) in [6.07, 6.45) is -0.650. The molecule has 0 saturated carbocycles. The van der Waals surface area contributed by atoms with Crippen molar-refractivity contribution in [1.82, 2.24) is 5.06 Å². The van der Waals surface area contributed by atoms with Crippen molar-refractivity contribution in [2.45, 2.75) is 25.0 Å². The standard InChI is InChI=1S/C18H21NO6/c1-22-17(20)14-15(13-9-6-10-24-13)19(25-16(14)18(21)23-2)11-12-7-4-3-5-8-12/h3-10,14-16,18,21H,11H2,1-2H3/t14-,15?,16+,18?/m0/s1. The number of aliphatic hydroxyl groups excluding tert-OH is 1. The van der Waals surface area contributed by atoms with E-state index in [2.05, 4.69) is 0 Å². The van der Waals surface area contributed by atoms with Crippen molar-refractivity contribution >= 4 is 5.97 Å². The number of rotatable bonds is 6. The first-order chi connectivity index (χ1) is 12.2. The molecule has 1 N–H and O–H groups in total. The number of methoxy groups -OCH3 is 2. The predicted octanol–water partition coefficient (Wildman–Crippen LogP) is 1.89. The van der Waals surface area contributed by atoms with E-state index in [0.29, 0.717) is 12.3 Å². The van der Waals surface area contributed by atoms with E-state index in [9.17, 15) is 9.90 Å². The fourth-order valence-corrected chi connectivity index (χ4v) is 3.09. The largest absolute Gasteiger partial charge is 0.469 e. The third kappa shape index (κ3) is 3.59. The van der Waals surface area contributed by atoms with Crippen LogP contribution < -0.4 is 0 Å². The molecule has 0 spiro atoms. The van der Waals surface area contributed by atoms with Gasteiger partial charge < -0.3 is 19.0 Å². The van der Waals surface area contributed by atoms with E-state index < -0.39 is 30.3 Å². The number of furan rings is 1. The zero-order valence-corrected chi connectivity index (χ0v) is 14.1. The molecule has 1 saturated heterocycles. The monoisotopic (exact) mass is 347 g/mol. The normalized spacial score (nSPS) is 25.0. The highest BCUT2D eigenvalue weighted by atomic mass is 16.7. The Morgan fingerprint density at radius 1 is 1.24 bits per heavy atom. The van der Waals surface area contributed by atoms with E-state index in [0.717, 1.165) is 5.56 Å². The lowest BCUT2D eigenvalue weighted by Gasteiger charge is -2.22. The number of aliphatic hydroxyl groups is 1. The van der Waals surface area contributed by atoms with Crippen LogP contribution in [0.2, 0.25) is 0 Å². The van der Waals surface area contributed by atoms with Gasteiger partial charge in [0.05, 0.1) is 13.4 Å². The summed E-state index contributed by atoms with van der Waals surface area (Å²) in [5.74, 6) is -0.745. The first kappa shape index (κ1) is 17.6. The minimum atomic E-state index is -1.28. The number of esters is 1. The topological polar surface area (TPSA) is 81.4 Å². The summed E-state index contributed by atoms with van der Waals surface area (Å²) in [4.78, 5) is 18.3. The Morgan fingerprint density at radius 2 is 2.00 bits per heavy atom. The van der Waals surface area contributed by atoms with Crippen molar-refractivity contribution < 1.29 is 28.6 Å². The third-order valence-electron chi connectivity index (χ3n) is 4.27. The molecule has 2 aromatic rings. The summed E-state index contributed by atoms with van der Waals surface area (Å²) in [5, 5.41) is 11.8. The Labute approximate surface area is 145 Å². The molecule has 7 heteroatoms. The summed E-state index contributed by atoms with van der Waals surface area (Å²) >= 11 is 0. The first-order valence-corrected chi connectivity index (χ1v) is 7.95. The molecule has 7 nitrogen and oxygen atoms in total. The van der Waals surface area contributed by atoms with E-state index in [4.69, 9.17) is 18.7 Å². The van der Waals surface area contributed by atoms with E-state index >= 15 is 0 Å².